The van der Waals surface area contributed by atoms with E-state index >= 15 is 0 Å². The van der Waals surface area contributed by atoms with E-state index in [0.29, 0.717) is 6.04 Å². The first kappa shape index (κ1) is 11.7. The maximum absolute atomic E-state index is 11.1. The fourth-order valence-corrected chi connectivity index (χ4v) is 2.31. The van der Waals surface area contributed by atoms with Crippen molar-refractivity contribution >= 4 is 17.8 Å². The molecule has 2 amide bonds. The molecule has 1 unspecified atom stereocenters. The van der Waals surface area contributed by atoms with E-state index in [-0.39, 0.29) is 6.03 Å². The summed E-state index contributed by atoms with van der Waals surface area (Å²) in [6.07, 6.45) is 1.03. The molecule has 0 saturated carbocycles. The standard InChI is InChI=1S/C9H19N3OS/c1-2-8(10)7-14-6-5-12-4-3-11-9(12)13/h8H,2-7,10H2,1H3,(H,11,13). The average Bonchev–Trinajstić information content (AvgIpc) is 2.58. The first-order valence-corrected chi connectivity index (χ1v) is 6.25. The molecule has 1 aliphatic heterocycles. The fraction of sp³-hybridized carbons (Fsp3) is 0.889. The molecule has 0 bridgehead atoms. The Labute approximate surface area is 89.6 Å². The van der Waals surface area contributed by atoms with Crippen molar-refractivity contribution < 1.29 is 4.79 Å². The van der Waals surface area contributed by atoms with Gasteiger partial charge in [-0.25, -0.2) is 4.79 Å². The topological polar surface area (TPSA) is 58.4 Å². The molecule has 0 aliphatic carbocycles. The predicted molar refractivity (Wildman–Crippen MR) is 60.6 cm³/mol. The van der Waals surface area contributed by atoms with Crippen LogP contribution < -0.4 is 11.1 Å². The number of urea groups is 1. The number of carbonyl (C=O) groups excluding carboxylic acids is 1. The minimum atomic E-state index is 0.0744. The van der Waals surface area contributed by atoms with Crippen molar-refractivity contribution in [1.82, 2.24) is 10.2 Å². The molecule has 1 fully saturated rings. The molecule has 5 heteroatoms. The smallest absolute Gasteiger partial charge is 0.317 e. The summed E-state index contributed by atoms with van der Waals surface area (Å²) in [4.78, 5) is 13.0. The van der Waals surface area contributed by atoms with Crippen LogP contribution in [0.1, 0.15) is 13.3 Å². The molecule has 0 aromatic carbocycles. The lowest BCUT2D eigenvalue weighted by atomic mass is 10.3. The van der Waals surface area contributed by atoms with E-state index in [9.17, 15) is 4.79 Å². The molecule has 1 rings (SSSR count). The Hall–Kier alpha value is -0.420. The summed E-state index contributed by atoms with van der Waals surface area (Å²) in [6.45, 7) is 4.57. The van der Waals surface area contributed by atoms with Crippen LogP contribution >= 0.6 is 11.8 Å². The summed E-state index contributed by atoms with van der Waals surface area (Å²) in [5.74, 6) is 1.98. The Bertz CT molecular complexity index is 189. The number of rotatable bonds is 6. The first-order valence-electron chi connectivity index (χ1n) is 5.10. The molecule has 0 aromatic heterocycles. The third-order valence-corrected chi connectivity index (χ3v) is 3.44. The molecule has 1 atom stereocenters. The van der Waals surface area contributed by atoms with Gasteiger partial charge >= 0.3 is 6.03 Å². The lowest BCUT2D eigenvalue weighted by molar-refractivity contribution is 0.220. The molecule has 14 heavy (non-hydrogen) atoms. The van der Waals surface area contributed by atoms with E-state index in [0.717, 1.165) is 37.6 Å². The minimum Gasteiger partial charge on any atom is -0.336 e. The van der Waals surface area contributed by atoms with Crippen LogP contribution in [0.25, 0.3) is 0 Å². The molecule has 0 spiro atoms. The van der Waals surface area contributed by atoms with E-state index in [1.807, 2.05) is 16.7 Å². The summed E-state index contributed by atoms with van der Waals surface area (Å²) in [6, 6.07) is 0.373. The van der Waals surface area contributed by atoms with Crippen molar-refractivity contribution in [2.24, 2.45) is 5.73 Å². The molecular weight excluding hydrogens is 198 g/mol. The van der Waals surface area contributed by atoms with E-state index in [1.165, 1.54) is 0 Å². The Morgan fingerprint density at radius 1 is 1.71 bits per heavy atom. The van der Waals surface area contributed by atoms with Crippen LogP contribution in [0.5, 0.6) is 0 Å². The zero-order valence-corrected chi connectivity index (χ0v) is 9.48. The van der Waals surface area contributed by atoms with E-state index in [2.05, 4.69) is 12.2 Å². The second-order valence-corrected chi connectivity index (χ2v) is 4.61. The summed E-state index contributed by atoms with van der Waals surface area (Å²) in [5.41, 5.74) is 5.78. The molecule has 4 nitrogen and oxygen atoms in total. The summed E-state index contributed by atoms with van der Waals surface area (Å²) < 4.78 is 0. The van der Waals surface area contributed by atoms with Gasteiger partial charge in [0, 0.05) is 37.2 Å². The normalized spacial score (nSPS) is 18.4. The van der Waals surface area contributed by atoms with E-state index in [1.54, 1.807) is 0 Å². The second kappa shape index (κ2) is 6.14. The maximum Gasteiger partial charge on any atom is 0.317 e. The highest BCUT2D eigenvalue weighted by molar-refractivity contribution is 7.99. The number of nitrogens with zero attached hydrogens (tertiary/aromatic N) is 1. The Morgan fingerprint density at radius 2 is 2.50 bits per heavy atom. The number of thioether (sulfide) groups is 1. The van der Waals surface area contributed by atoms with Gasteiger partial charge in [-0.2, -0.15) is 11.8 Å². The van der Waals surface area contributed by atoms with Gasteiger partial charge in [-0.1, -0.05) is 6.92 Å². The number of hydrogen-bond donors (Lipinski definition) is 2. The molecule has 3 N–H and O–H groups in total. The van der Waals surface area contributed by atoms with Gasteiger partial charge in [-0.15, -0.1) is 0 Å². The Balaban J connectivity index is 2.01. The van der Waals surface area contributed by atoms with Gasteiger partial charge in [-0.05, 0) is 6.42 Å². The van der Waals surface area contributed by atoms with Gasteiger partial charge in [0.1, 0.15) is 0 Å². The number of nitrogens with one attached hydrogen (secondary N) is 1. The number of amides is 2. The van der Waals surface area contributed by atoms with Crippen LogP contribution in [-0.4, -0.2) is 48.1 Å². The molecule has 0 radical (unpaired) electrons. The summed E-state index contributed by atoms with van der Waals surface area (Å²) >= 11 is 1.83. The number of carbonyl (C=O) groups is 1. The van der Waals surface area contributed by atoms with Gasteiger partial charge in [0.05, 0.1) is 0 Å². The van der Waals surface area contributed by atoms with Gasteiger partial charge in [0.25, 0.3) is 0 Å². The van der Waals surface area contributed by atoms with Gasteiger partial charge in [0.15, 0.2) is 0 Å². The van der Waals surface area contributed by atoms with E-state index in [4.69, 9.17) is 5.73 Å². The molecular formula is C9H19N3OS. The molecule has 82 valence electrons. The summed E-state index contributed by atoms with van der Waals surface area (Å²) in [7, 11) is 0. The van der Waals surface area contributed by atoms with Gasteiger partial charge < -0.3 is 16.0 Å². The lowest BCUT2D eigenvalue weighted by Gasteiger charge is -2.14. The molecule has 1 saturated heterocycles. The van der Waals surface area contributed by atoms with Crippen molar-refractivity contribution in [2.75, 3.05) is 31.1 Å². The van der Waals surface area contributed by atoms with E-state index < -0.39 is 0 Å². The molecule has 1 aliphatic rings. The van der Waals surface area contributed by atoms with Crippen molar-refractivity contribution in [3.8, 4) is 0 Å². The van der Waals surface area contributed by atoms with Crippen molar-refractivity contribution in [3.63, 3.8) is 0 Å². The van der Waals surface area contributed by atoms with Crippen molar-refractivity contribution in [3.05, 3.63) is 0 Å². The summed E-state index contributed by atoms with van der Waals surface area (Å²) in [5, 5.41) is 2.78. The van der Waals surface area contributed by atoms with Crippen LogP contribution in [0.3, 0.4) is 0 Å². The quantitative estimate of drug-likeness (QED) is 0.636. The molecule has 0 aromatic rings. The van der Waals surface area contributed by atoms with Crippen LogP contribution in [0.4, 0.5) is 4.79 Å². The monoisotopic (exact) mass is 217 g/mol. The van der Waals surface area contributed by atoms with Crippen molar-refractivity contribution in [1.29, 1.82) is 0 Å². The van der Waals surface area contributed by atoms with Crippen LogP contribution in [-0.2, 0) is 0 Å². The Morgan fingerprint density at radius 3 is 3.07 bits per heavy atom. The zero-order valence-electron chi connectivity index (χ0n) is 8.66. The molecule has 1 heterocycles. The highest BCUT2D eigenvalue weighted by Crippen LogP contribution is 2.06. The van der Waals surface area contributed by atoms with Gasteiger partial charge in [-0.3, -0.25) is 0 Å². The second-order valence-electron chi connectivity index (χ2n) is 3.46. The van der Waals surface area contributed by atoms with Crippen LogP contribution in [0.2, 0.25) is 0 Å². The van der Waals surface area contributed by atoms with Crippen LogP contribution in [0.15, 0.2) is 0 Å². The highest BCUT2D eigenvalue weighted by atomic mass is 32.2. The Kier molecular flexibility index (Phi) is 5.11. The largest absolute Gasteiger partial charge is 0.336 e. The number of nitrogens with two attached hydrogens (primary N) is 1. The average molecular weight is 217 g/mol. The predicted octanol–water partition coefficient (Wildman–Crippen LogP) is 0.482. The minimum absolute atomic E-state index is 0.0744. The zero-order chi connectivity index (χ0) is 10.4. The van der Waals surface area contributed by atoms with Crippen LogP contribution in [0, 0.1) is 0 Å². The number of hydrogen-bond acceptors (Lipinski definition) is 3. The third kappa shape index (κ3) is 3.75. The first-order chi connectivity index (χ1) is 6.74. The highest BCUT2D eigenvalue weighted by Gasteiger charge is 2.18. The fourth-order valence-electron chi connectivity index (χ4n) is 1.25. The maximum atomic E-state index is 11.1. The van der Waals surface area contributed by atoms with Gasteiger partial charge in [0.2, 0.25) is 0 Å². The van der Waals surface area contributed by atoms with Crippen molar-refractivity contribution in [2.45, 2.75) is 19.4 Å². The third-order valence-electron chi connectivity index (χ3n) is 2.31. The SMILES string of the molecule is CCC(N)CSCCN1CCNC1=O. The lowest BCUT2D eigenvalue weighted by Crippen LogP contribution is -2.30.